The molecule has 0 bridgehead atoms. The van der Waals surface area contributed by atoms with Crippen LogP contribution in [0.3, 0.4) is 0 Å². The maximum atomic E-state index is 10.5. The summed E-state index contributed by atoms with van der Waals surface area (Å²) in [6.07, 6.45) is 4.19. The van der Waals surface area contributed by atoms with Crippen LogP contribution in [0.15, 0.2) is 12.4 Å². The lowest BCUT2D eigenvalue weighted by Crippen LogP contribution is -2.28. The molecule has 0 radical (unpaired) electrons. The second-order valence-corrected chi connectivity index (χ2v) is 7.49. The van der Waals surface area contributed by atoms with Crippen LogP contribution in [-0.4, -0.2) is 67.0 Å². The summed E-state index contributed by atoms with van der Waals surface area (Å²) in [5.74, 6) is -0.555. The van der Waals surface area contributed by atoms with Gasteiger partial charge < -0.3 is 9.80 Å². The van der Waals surface area contributed by atoms with Crippen LogP contribution < -0.4 is 0 Å². The minimum atomic E-state index is -3.92. The zero-order chi connectivity index (χ0) is 14.5. The van der Waals surface area contributed by atoms with Crippen molar-refractivity contribution in [2.75, 3.05) is 31.3 Å². The molecule has 0 saturated carbocycles. The molecule has 0 aromatic carbocycles. The first kappa shape index (κ1) is 16.2. The van der Waals surface area contributed by atoms with Crippen molar-refractivity contribution in [3.8, 4) is 0 Å². The molecule has 19 heavy (non-hydrogen) atoms. The van der Waals surface area contributed by atoms with Gasteiger partial charge >= 0.3 is 0 Å². The first-order chi connectivity index (χ1) is 8.66. The second-order valence-electron chi connectivity index (χ2n) is 4.34. The molecule has 1 rings (SSSR count). The predicted octanol–water partition coefficient (Wildman–Crippen LogP) is -0.411. The molecule has 0 amide bonds. The van der Waals surface area contributed by atoms with E-state index < -0.39 is 20.2 Å². The van der Waals surface area contributed by atoms with Crippen LogP contribution in [0.25, 0.3) is 0 Å². The molecule has 0 aromatic rings. The molecular formula is C9H18N2O6S2. The smallest absolute Gasteiger partial charge is 0.264 e. The van der Waals surface area contributed by atoms with E-state index in [1.807, 2.05) is 9.80 Å². The van der Waals surface area contributed by atoms with Gasteiger partial charge in [0.25, 0.3) is 20.2 Å². The molecule has 1 heterocycles. The zero-order valence-corrected chi connectivity index (χ0v) is 12.0. The summed E-state index contributed by atoms with van der Waals surface area (Å²) in [6, 6.07) is 0. The fourth-order valence-electron chi connectivity index (χ4n) is 1.71. The first-order valence-electron chi connectivity index (χ1n) is 5.72. The number of rotatable bonds is 8. The molecule has 0 fully saturated rings. The monoisotopic (exact) mass is 314 g/mol. The van der Waals surface area contributed by atoms with E-state index >= 15 is 0 Å². The Kier molecular flexibility index (Phi) is 5.59. The average Bonchev–Trinajstić information content (AvgIpc) is 2.62. The van der Waals surface area contributed by atoms with Crippen molar-refractivity contribution in [2.45, 2.75) is 12.8 Å². The molecule has 1 aliphatic heterocycles. The van der Waals surface area contributed by atoms with Crippen molar-refractivity contribution in [1.29, 1.82) is 0 Å². The maximum absolute atomic E-state index is 10.5. The van der Waals surface area contributed by atoms with Gasteiger partial charge in [-0.15, -0.1) is 0 Å². The fraction of sp³-hybridized carbons (Fsp3) is 0.778. The molecular weight excluding hydrogens is 296 g/mol. The molecule has 0 aliphatic carbocycles. The lowest BCUT2D eigenvalue weighted by molar-refractivity contribution is 0.265. The van der Waals surface area contributed by atoms with Gasteiger partial charge in [0, 0.05) is 25.5 Å². The highest BCUT2D eigenvalue weighted by Gasteiger charge is 2.14. The summed E-state index contributed by atoms with van der Waals surface area (Å²) < 4.78 is 59.3. The van der Waals surface area contributed by atoms with E-state index in [9.17, 15) is 16.8 Å². The topological polar surface area (TPSA) is 115 Å². The minimum Gasteiger partial charge on any atom is -0.359 e. The van der Waals surface area contributed by atoms with E-state index in [1.165, 1.54) is 0 Å². The Bertz CT molecular complexity index is 467. The van der Waals surface area contributed by atoms with Crippen molar-refractivity contribution in [3.05, 3.63) is 12.4 Å². The van der Waals surface area contributed by atoms with Crippen LogP contribution in [-0.2, 0) is 20.2 Å². The normalized spacial score (nSPS) is 16.3. The van der Waals surface area contributed by atoms with Gasteiger partial charge in [0.15, 0.2) is 0 Å². The quantitative estimate of drug-likeness (QED) is 0.581. The Morgan fingerprint density at radius 2 is 1.21 bits per heavy atom. The van der Waals surface area contributed by atoms with Crippen LogP contribution in [0.1, 0.15) is 12.8 Å². The minimum absolute atomic E-state index is 0.278. The van der Waals surface area contributed by atoms with Gasteiger partial charge in [-0.05, 0) is 12.8 Å². The number of hydrogen-bond acceptors (Lipinski definition) is 6. The molecule has 0 saturated heterocycles. The third-order valence-corrected chi connectivity index (χ3v) is 4.16. The zero-order valence-electron chi connectivity index (χ0n) is 10.3. The van der Waals surface area contributed by atoms with Crippen molar-refractivity contribution in [2.24, 2.45) is 0 Å². The fourth-order valence-corrected chi connectivity index (χ4v) is 2.69. The highest BCUT2D eigenvalue weighted by atomic mass is 32.2. The standard InChI is InChI=1S/C9H18N2O6S2/c12-18(13,14)7-1-3-10-5-6-11(9-10)4-2-8-19(15,16)17/h5-6H,1-4,7-9H2,(H,12,13,14)(H,15,16,17). The van der Waals surface area contributed by atoms with Crippen LogP contribution in [0.5, 0.6) is 0 Å². The highest BCUT2D eigenvalue weighted by molar-refractivity contribution is 7.86. The summed E-state index contributed by atoms with van der Waals surface area (Å²) in [5, 5.41) is 0. The lowest BCUT2D eigenvalue weighted by Gasteiger charge is -2.20. The third-order valence-electron chi connectivity index (χ3n) is 2.55. The van der Waals surface area contributed by atoms with Crippen LogP contribution in [0.2, 0.25) is 0 Å². The van der Waals surface area contributed by atoms with E-state index in [0.717, 1.165) is 0 Å². The Hall–Kier alpha value is -0.840. The van der Waals surface area contributed by atoms with Crippen LogP contribution in [0.4, 0.5) is 0 Å². The summed E-state index contributed by atoms with van der Waals surface area (Å²) in [6.45, 7) is 1.52. The third kappa shape index (κ3) is 8.03. The summed E-state index contributed by atoms with van der Waals surface area (Å²) in [7, 11) is -7.84. The SMILES string of the molecule is O=S(=O)(O)CCCN1C=CN(CCCS(=O)(=O)O)C1. The molecule has 0 unspecified atom stereocenters. The Labute approximate surface area is 113 Å². The predicted molar refractivity (Wildman–Crippen MR) is 69.5 cm³/mol. The molecule has 0 atom stereocenters. The van der Waals surface area contributed by atoms with E-state index in [4.69, 9.17) is 9.11 Å². The van der Waals surface area contributed by atoms with Crippen LogP contribution in [0, 0.1) is 0 Å². The van der Waals surface area contributed by atoms with Gasteiger partial charge in [0.1, 0.15) is 0 Å². The van der Waals surface area contributed by atoms with E-state index in [-0.39, 0.29) is 11.5 Å². The molecule has 112 valence electrons. The number of hydrogen-bond donors (Lipinski definition) is 2. The largest absolute Gasteiger partial charge is 0.359 e. The van der Waals surface area contributed by atoms with Gasteiger partial charge in [0.2, 0.25) is 0 Å². The molecule has 2 N–H and O–H groups in total. The number of nitrogens with zero attached hydrogens (tertiary/aromatic N) is 2. The molecule has 8 nitrogen and oxygen atoms in total. The van der Waals surface area contributed by atoms with Crippen LogP contribution >= 0.6 is 0 Å². The Morgan fingerprint density at radius 1 is 0.842 bits per heavy atom. The van der Waals surface area contributed by atoms with Crippen molar-refractivity contribution in [3.63, 3.8) is 0 Å². The second kappa shape index (κ2) is 6.55. The first-order valence-corrected chi connectivity index (χ1v) is 8.94. The van der Waals surface area contributed by atoms with E-state index in [2.05, 4.69) is 0 Å². The van der Waals surface area contributed by atoms with Crippen molar-refractivity contribution >= 4 is 20.2 Å². The van der Waals surface area contributed by atoms with Crippen molar-refractivity contribution < 1.29 is 25.9 Å². The lowest BCUT2D eigenvalue weighted by atomic mass is 10.4. The summed E-state index contributed by atoms with van der Waals surface area (Å²) in [5.41, 5.74) is 0. The van der Waals surface area contributed by atoms with Gasteiger partial charge in [-0.1, -0.05) is 0 Å². The van der Waals surface area contributed by atoms with Gasteiger partial charge in [-0.25, -0.2) is 0 Å². The molecule has 1 aliphatic rings. The molecule has 0 aromatic heterocycles. The van der Waals surface area contributed by atoms with Gasteiger partial charge in [0.05, 0.1) is 18.2 Å². The Balaban J connectivity index is 2.18. The average molecular weight is 314 g/mol. The highest BCUT2D eigenvalue weighted by Crippen LogP contribution is 2.08. The van der Waals surface area contributed by atoms with Gasteiger partial charge in [-0.2, -0.15) is 16.8 Å². The van der Waals surface area contributed by atoms with E-state index in [0.29, 0.717) is 32.6 Å². The van der Waals surface area contributed by atoms with Crippen molar-refractivity contribution in [1.82, 2.24) is 9.80 Å². The van der Waals surface area contributed by atoms with Gasteiger partial charge in [-0.3, -0.25) is 9.11 Å². The molecule has 0 spiro atoms. The summed E-state index contributed by atoms with van der Waals surface area (Å²) in [4.78, 5) is 3.72. The molecule has 10 heteroatoms. The van der Waals surface area contributed by atoms with E-state index in [1.54, 1.807) is 12.4 Å². The summed E-state index contributed by atoms with van der Waals surface area (Å²) >= 11 is 0. The Morgan fingerprint density at radius 3 is 1.53 bits per heavy atom. The maximum Gasteiger partial charge on any atom is 0.264 e.